The van der Waals surface area contributed by atoms with Gasteiger partial charge in [-0.05, 0) is 56.6 Å². The molecule has 0 spiro atoms. The summed E-state index contributed by atoms with van der Waals surface area (Å²) < 4.78 is 14.2. The Balaban J connectivity index is 0.000000224. The van der Waals surface area contributed by atoms with E-state index in [0.717, 1.165) is 30.6 Å². The molecule has 1 aliphatic heterocycles. The Labute approximate surface area is 208 Å². The minimum atomic E-state index is -1.19. The second-order valence-electron chi connectivity index (χ2n) is 9.24. The van der Waals surface area contributed by atoms with Crippen molar-refractivity contribution < 1.29 is 14.0 Å². The average molecular weight is 490 g/mol. The van der Waals surface area contributed by atoms with Gasteiger partial charge in [0.15, 0.2) is 0 Å². The minimum Gasteiger partial charge on any atom is -0.355 e. The van der Waals surface area contributed by atoms with Crippen LogP contribution in [-0.2, 0) is 16.1 Å². The molecule has 1 N–H and O–H groups in total. The van der Waals surface area contributed by atoms with Gasteiger partial charge < -0.3 is 10.2 Å². The van der Waals surface area contributed by atoms with Crippen LogP contribution in [-0.4, -0.2) is 40.5 Å². The summed E-state index contributed by atoms with van der Waals surface area (Å²) in [4.78, 5) is 29.9. The van der Waals surface area contributed by atoms with E-state index in [4.69, 9.17) is 0 Å². The van der Waals surface area contributed by atoms with Crippen LogP contribution in [0.25, 0.3) is 10.4 Å². The highest BCUT2D eigenvalue weighted by molar-refractivity contribution is 7.13. The van der Waals surface area contributed by atoms with Crippen LogP contribution in [0.15, 0.2) is 29.8 Å². The zero-order chi connectivity index (χ0) is 25.3. The number of carbonyl (C=O) groups is 2. The summed E-state index contributed by atoms with van der Waals surface area (Å²) in [5.74, 6) is -0.249. The van der Waals surface area contributed by atoms with Crippen molar-refractivity contribution in [3.05, 3.63) is 41.0 Å². The van der Waals surface area contributed by atoms with Crippen LogP contribution >= 0.6 is 11.3 Å². The zero-order valence-corrected chi connectivity index (χ0v) is 22.3. The van der Waals surface area contributed by atoms with Crippen LogP contribution in [0.5, 0.6) is 0 Å². The molecule has 1 saturated carbocycles. The zero-order valence-electron chi connectivity index (χ0n) is 21.4. The van der Waals surface area contributed by atoms with Gasteiger partial charge in [-0.15, -0.1) is 11.3 Å². The monoisotopic (exact) mass is 489 g/mol. The Bertz CT molecular complexity index is 909. The smallest absolute Gasteiger partial charge is 0.229 e. The maximum Gasteiger partial charge on any atom is 0.229 e. The van der Waals surface area contributed by atoms with Gasteiger partial charge in [0.2, 0.25) is 12.3 Å². The maximum atomic E-state index is 14.2. The van der Waals surface area contributed by atoms with Crippen molar-refractivity contribution in [2.24, 2.45) is 11.8 Å². The third-order valence-corrected chi connectivity index (χ3v) is 7.38. The van der Waals surface area contributed by atoms with Crippen molar-refractivity contribution >= 4 is 23.7 Å². The molecule has 2 atom stereocenters. The first-order chi connectivity index (χ1) is 16.3. The van der Waals surface area contributed by atoms with Crippen LogP contribution in [0.1, 0.15) is 71.6 Å². The molecule has 188 valence electrons. The second kappa shape index (κ2) is 13.0. The number of nitrogens with one attached hydrogen (secondary N) is 1. The number of halogens is 1. The quantitative estimate of drug-likeness (QED) is 0.474. The molecular formula is C27H40FN3O2S. The predicted octanol–water partition coefficient (Wildman–Crippen LogP) is 6.16. The van der Waals surface area contributed by atoms with Crippen LogP contribution < -0.4 is 5.32 Å². The van der Waals surface area contributed by atoms with Gasteiger partial charge in [0.25, 0.3) is 0 Å². The number of thiazole rings is 1. The number of carbonyl (C=O) groups excluding carboxylic acids is 2. The fraction of sp³-hybridized carbons (Fsp3) is 0.593. The molecule has 4 rings (SSSR count). The number of alkyl halides is 1. The van der Waals surface area contributed by atoms with Gasteiger partial charge in [0, 0.05) is 19.1 Å². The lowest BCUT2D eigenvalue weighted by molar-refractivity contribution is -0.141. The van der Waals surface area contributed by atoms with Crippen molar-refractivity contribution in [3.63, 3.8) is 0 Å². The van der Waals surface area contributed by atoms with E-state index in [9.17, 15) is 14.0 Å². The highest BCUT2D eigenvalue weighted by Crippen LogP contribution is 2.50. The van der Waals surface area contributed by atoms with E-state index in [1.54, 1.807) is 11.3 Å². The fourth-order valence-electron chi connectivity index (χ4n) is 4.49. The van der Waals surface area contributed by atoms with Gasteiger partial charge in [-0.1, -0.05) is 52.0 Å². The lowest BCUT2D eigenvalue weighted by Crippen LogP contribution is -2.44. The molecule has 2 aliphatic rings. The Morgan fingerprint density at radius 3 is 2.38 bits per heavy atom. The lowest BCUT2D eigenvalue weighted by atomic mass is 9.87. The summed E-state index contributed by atoms with van der Waals surface area (Å²) >= 11 is 1.64. The first-order valence-electron chi connectivity index (χ1n) is 12.4. The van der Waals surface area contributed by atoms with Crippen molar-refractivity contribution in [1.82, 2.24) is 15.2 Å². The summed E-state index contributed by atoms with van der Waals surface area (Å²) in [5, 5.41) is 2.64. The van der Waals surface area contributed by atoms with Gasteiger partial charge >= 0.3 is 0 Å². The van der Waals surface area contributed by atoms with Gasteiger partial charge in [-0.2, -0.15) is 0 Å². The standard InChI is InChI=1S/C13H22FNO.C12H12N2OS.C2H6/c1-9(2)11(13(14)6-7-13)12(16)15-8-4-5-10(15)3;1-9-12(16-8-14-9)11-4-2-10(3-5-11)6-13-7-15;1-2/h9-11H,4-8H2,1-3H3;2-5,7-8H,6H2,1H3,(H,13,15);1-2H3. The van der Waals surface area contributed by atoms with Gasteiger partial charge in [-0.3, -0.25) is 9.59 Å². The molecule has 5 nitrogen and oxygen atoms in total. The third-order valence-electron chi connectivity index (χ3n) is 6.40. The van der Waals surface area contributed by atoms with E-state index in [1.165, 1.54) is 10.4 Å². The highest BCUT2D eigenvalue weighted by Gasteiger charge is 2.55. The van der Waals surface area contributed by atoms with E-state index in [0.29, 0.717) is 31.8 Å². The van der Waals surface area contributed by atoms with Crippen molar-refractivity contribution in [2.75, 3.05) is 6.54 Å². The number of rotatable bonds is 7. The Hall–Kier alpha value is -2.28. The van der Waals surface area contributed by atoms with E-state index in [-0.39, 0.29) is 11.8 Å². The molecule has 34 heavy (non-hydrogen) atoms. The Morgan fingerprint density at radius 1 is 1.29 bits per heavy atom. The predicted molar refractivity (Wildman–Crippen MR) is 138 cm³/mol. The van der Waals surface area contributed by atoms with Crippen molar-refractivity contribution in [1.29, 1.82) is 0 Å². The van der Waals surface area contributed by atoms with Crippen LogP contribution in [0, 0.1) is 18.8 Å². The number of aryl methyl sites for hydroxylation is 1. The molecule has 2 fully saturated rings. The molecule has 2 amide bonds. The molecule has 2 unspecified atom stereocenters. The van der Waals surface area contributed by atoms with Gasteiger partial charge in [0.1, 0.15) is 5.67 Å². The summed E-state index contributed by atoms with van der Waals surface area (Å²) in [5.41, 5.74) is 4.00. The van der Waals surface area contributed by atoms with Crippen LogP contribution in [0.3, 0.4) is 0 Å². The Kier molecular flexibility index (Phi) is 10.7. The number of hydrogen-bond acceptors (Lipinski definition) is 4. The van der Waals surface area contributed by atoms with Crippen LogP contribution in [0.4, 0.5) is 4.39 Å². The van der Waals surface area contributed by atoms with Gasteiger partial charge in [0.05, 0.1) is 22.0 Å². The van der Waals surface area contributed by atoms with Gasteiger partial charge in [-0.25, -0.2) is 9.37 Å². The molecule has 1 aromatic heterocycles. The van der Waals surface area contributed by atoms with Crippen molar-refractivity contribution in [2.45, 2.75) is 85.5 Å². The topological polar surface area (TPSA) is 62.3 Å². The molecule has 1 aliphatic carbocycles. The molecule has 1 saturated heterocycles. The maximum absolute atomic E-state index is 14.2. The summed E-state index contributed by atoms with van der Waals surface area (Å²) in [6.45, 7) is 13.4. The first kappa shape index (κ1) is 28.0. The number of aromatic nitrogens is 1. The number of hydrogen-bond donors (Lipinski definition) is 1. The highest BCUT2D eigenvalue weighted by atomic mass is 32.1. The number of amides is 2. The molecule has 2 heterocycles. The molecule has 1 aromatic carbocycles. The molecule has 0 radical (unpaired) electrons. The molecule has 0 bridgehead atoms. The third kappa shape index (κ3) is 7.11. The lowest BCUT2D eigenvalue weighted by Gasteiger charge is -2.31. The van der Waals surface area contributed by atoms with E-state index in [2.05, 4.69) is 29.4 Å². The summed E-state index contributed by atoms with van der Waals surface area (Å²) in [7, 11) is 0. The fourth-order valence-corrected chi connectivity index (χ4v) is 5.30. The number of benzene rings is 1. The minimum absolute atomic E-state index is 0.0556. The first-order valence-corrected chi connectivity index (χ1v) is 13.3. The van der Waals surface area contributed by atoms with Crippen molar-refractivity contribution in [3.8, 4) is 10.4 Å². The van der Waals surface area contributed by atoms with E-state index in [1.807, 2.05) is 57.2 Å². The number of likely N-dealkylation sites (tertiary alicyclic amines) is 1. The van der Waals surface area contributed by atoms with E-state index < -0.39 is 11.6 Å². The summed E-state index contributed by atoms with van der Waals surface area (Å²) in [6, 6.07) is 8.46. The average Bonchev–Trinajstić information content (AvgIpc) is 3.19. The Morgan fingerprint density at radius 2 is 1.94 bits per heavy atom. The number of nitrogens with zero attached hydrogens (tertiary/aromatic N) is 2. The second-order valence-corrected chi connectivity index (χ2v) is 10.1. The molecule has 2 aromatic rings. The summed E-state index contributed by atoms with van der Waals surface area (Å²) in [6.07, 6.45) is 3.99. The normalized spacial score (nSPS) is 18.8. The molecular weight excluding hydrogens is 449 g/mol. The SMILES string of the molecule is CC.CC(C)C(C(=O)N1CCCC1C)C1(F)CC1.Cc1ncsc1-c1ccc(CNC=O)cc1. The van der Waals surface area contributed by atoms with E-state index >= 15 is 0 Å². The molecule has 7 heteroatoms. The van der Waals surface area contributed by atoms with Crippen LogP contribution in [0.2, 0.25) is 0 Å². The largest absolute Gasteiger partial charge is 0.355 e.